The van der Waals surface area contributed by atoms with Crippen molar-refractivity contribution in [3.8, 4) is 0 Å². The van der Waals surface area contributed by atoms with Gasteiger partial charge in [0.15, 0.2) is 9.84 Å². The molecule has 15 heavy (non-hydrogen) atoms. The van der Waals surface area contributed by atoms with Gasteiger partial charge < -0.3 is 5.73 Å². The number of hydrogen-bond donors (Lipinski definition) is 1. The van der Waals surface area contributed by atoms with Gasteiger partial charge in [-0.15, -0.1) is 0 Å². The third kappa shape index (κ3) is 1.91. The van der Waals surface area contributed by atoms with Crippen LogP contribution in [0.3, 0.4) is 0 Å². The molecule has 1 unspecified atom stereocenters. The number of rotatable bonds is 3. The monoisotopic (exact) mass is 229 g/mol. The Bertz CT molecular complexity index is 440. The van der Waals surface area contributed by atoms with Gasteiger partial charge in [0.05, 0.1) is 17.5 Å². The van der Waals surface area contributed by atoms with Crippen molar-refractivity contribution in [2.75, 3.05) is 18.1 Å². The zero-order valence-electron chi connectivity index (χ0n) is 8.63. The Kier molecular flexibility index (Phi) is 2.56. The van der Waals surface area contributed by atoms with Crippen LogP contribution in [0.2, 0.25) is 0 Å². The van der Waals surface area contributed by atoms with Gasteiger partial charge in [-0.2, -0.15) is 5.10 Å². The Morgan fingerprint density at radius 1 is 1.67 bits per heavy atom. The van der Waals surface area contributed by atoms with Crippen molar-refractivity contribution in [3.05, 3.63) is 18.0 Å². The molecule has 1 fully saturated rings. The molecule has 0 bridgehead atoms. The fraction of sp³-hybridized carbons (Fsp3) is 0.667. The Hall–Kier alpha value is -0.880. The average Bonchev–Trinajstić information content (AvgIpc) is 2.60. The summed E-state index contributed by atoms with van der Waals surface area (Å²) in [5.74, 6) is 0.633. The lowest BCUT2D eigenvalue weighted by Gasteiger charge is -2.28. The maximum atomic E-state index is 11.1. The van der Waals surface area contributed by atoms with Gasteiger partial charge in [-0.25, -0.2) is 8.42 Å². The highest BCUT2D eigenvalue weighted by Crippen LogP contribution is 2.26. The van der Waals surface area contributed by atoms with Crippen molar-refractivity contribution in [2.45, 2.75) is 18.9 Å². The van der Waals surface area contributed by atoms with E-state index in [-0.39, 0.29) is 23.5 Å². The Morgan fingerprint density at radius 2 is 2.33 bits per heavy atom. The van der Waals surface area contributed by atoms with Gasteiger partial charge in [-0.3, -0.25) is 4.68 Å². The number of nitrogens with two attached hydrogens (primary N) is 1. The molecule has 1 saturated heterocycles. The van der Waals surface area contributed by atoms with E-state index in [1.807, 2.05) is 13.0 Å². The average molecular weight is 229 g/mol. The van der Waals surface area contributed by atoms with Gasteiger partial charge in [0.1, 0.15) is 0 Å². The quantitative estimate of drug-likeness (QED) is 0.786. The van der Waals surface area contributed by atoms with E-state index in [2.05, 4.69) is 5.10 Å². The van der Waals surface area contributed by atoms with Crippen molar-refractivity contribution in [2.24, 2.45) is 5.73 Å². The molecule has 0 aliphatic carbocycles. The van der Waals surface area contributed by atoms with E-state index < -0.39 is 9.84 Å². The second kappa shape index (κ2) is 3.61. The SMILES string of the molecule is CC(CN)c1ccnn1C1CS(=O)(=O)C1. The molecule has 0 amide bonds. The largest absolute Gasteiger partial charge is 0.330 e. The summed E-state index contributed by atoms with van der Waals surface area (Å²) in [5.41, 5.74) is 6.61. The van der Waals surface area contributed by atoms with E-state index in [0.717, 1.165) is 5.69 Å². The normalized spacial score (nSPS) is 22.3. The minimum absolute atomic E-state index is 0.00833. The molecule has 1 atom stereocenters. The minimum atomic E-state index is -2.80. The number of hydrogen-bond acceptors (Lipinski definition) is 4. The summed E-state index contributed by atoms with van der Waals surface area (Å²) >= 11 is 0. The third-order valence-electron chi connectivity index (χ3n) is 2.80. The number of aromatic nitrogens is 2. The Labute approximate surface area is 89.2 Å². The molecule has 84 valence electrons. The van der Waals surface area contributed by atoms with Crippen LogP contribution in [0.4, 0.5) is 0 Å². The van der Waals surface area contributed by atoms with Crippen LogP contribution in [0.1, 0.15) is 24.6 Å². The van der Waals surface area contributed by atoms with E-state index in [9.17, 15) is 8.42 Å². The topological polar surface area (TPSA) is 78.0 Å². The van der Waals surface area contributed by atoms with Crippen molar-refractivity contribution >= 4 is 9.84 Å². The van der Waals surface area contributed by atoms with Crippen LogP contribution in [0.5, 0.6) is 0 Å². The van der Waals surface area contributed by atoms with Crippen LogP contribution in [0, 0.1) is 0 Å². The third-order valence-corrected chi connectivity index (χ3v) is 4.58. The molecule has 2 heterocycles. The lowest BCUT2D eigenvalue weighted by Crippen LogP contribution is -2.39. The summed E-state index contributed by atoms with van der Waals surface area (Å²) in [7, 11) is -2.80. The molecule has 0 saturated carbocycles. The molecule has 1 aromatic rings. The molecule has 6 heteroatoms. The molecular formula is C9H15N3O2S. The van der Waals surface area contributed by atoms with Crippen LogP contribution in [0.25, 0.3) is 0 Å². The smallest absolute Gasteiger partial charge is 0.154 e. The minimum Gasteiger partial charge on any atom is -0.330 e. The summed E-state index contributed by atoms with van der Waals surface area (Å²) < 4.78 is 24.0. The second-order valence-corrected chi connectivity index (χ2v) is 6.22. The lowest BCUT2D eigenvalue weighted by atomic mass is 10.1. The lowest BCUT2D eigenvalue weighted by molar-refractivity contribution is 0.451. The van der Waals surface area contributed by atoms with E-state index in [0.29, 0.717) is 6.54 Å². The highest BCUT2D eigenvalue weighted by Gasteiger charge is 2.36. The summed E-state index contributed by atoms with van der Waals surface area (Å²) in [6.45, 7) is 2.56. The first-order valence-electron chi connectivity index (χ1n) is 4.97. The zero-order valence-corrected chi connectivity index (χ0v) is 9.44. The van der Waals surface area contributed by atoms with Gasteiger partial charge in [-0.05, 0) is 6.07 Å². The number of sulfone groups is 1. The van der Waals surface area contributed by atoms with Gasteiger partial charge >= 0.3 is 0 Å². The molecule has 2 N–H and O–H groups in total. The van der Waals surface area contributed by atoms with Crippen molar-refractivity contribution in [3.63, 3.8) is 0 Å². The van der Waals surface area contributed by atoms with Crippen molar-refractivity contribution < 1.29 is 8.42 Å². The molecule has 1 aliphatic rings. The Morgan fingerprint density at radius 3 is 2.87 bits per heavy atom. The first kappa shape index (κ1) is 10.6. The van der Waals surface area contributed by atoms with Crippen molar-refractivity contribution in [1.82, 2.24) is 9.78 Å². The van der Waals surface area contributed by atoms with Crippen LogP contribution in [0.15, 0.2) is 12.3 Å². The van der Waals surface area contributed by atoms with Crippen LogP contribution >= 0.6 is 0 Å². The molecule has 0 spiro atoms. The van der Waals surface area contributed by atoms with E-state index in [1.54, 1.807) is 10.9 Å². The molecular weight excluding hydrogens is 214 g/mol. The van der Waals surface area contributed by atoms with E-state index >= 15 is 0 Å². The van der Waals surface area contributed by atoms with Gasteiger partial charge in [0.2, 0.25) is 0 Å². The first-order chi connectivity index (χ1) is 7.03. The number of nitrogens with zero attached hydrogens (tertiary/aromatic N) is 2. The first-order valence-corrected chi connectivity index (χ1v) is 6.79. The highest BCUT2D eigenvalue weighted by atomic mass is 32.2. The fourth-order valence-corrected chi connectivity index (χ4v) is 3.18. The summed E-state index contributed by atoms with van der Waals surface area (Å²) in [5, 5.41) is 4.17. The molecule has 1 aliphatic heterocycles. The molecule has 5 nitrogen and oxygen atoms in total. The predicted octanol–water partition coefficient (Wildman–Crippen LogP) is -0.0852. The van der Waals surface area contributed by atoms with E-state index in [4.69, 9.17) is 5.73 Å². The van der Waals surface area contributed by atoms with Crippen LogP contribution in [-0.4, -0.2) is 36.2 Å². The van der Waals surface area contributed by atoms with Gasteiger partial charge in [0, 0.05) is 24.4 Å². The summed E-state index contributed by atoms with van der Waals surface area (Å²) in [4.78, 5) is 0. The molecule has 2 rings (SSSR count). The van der Waals surface area contributed by atoms with Crippen LogP contribution in [-0.2, 0) is 9.84 Å². The highest BCUT2D eigenvalue weighted by molar-refractivity contribution is 7.92. The Balaban J connectivity index is 2.20. The van der Waals surface area contributed by atoms with Gasteiger partial charge in [0.25, 0.3) is 0 Å². The summed E-state index contributed by atoms with van der Waals surface area (Å²) in [6, 6.07) is 1.91. The standard InChI is InChI=1S/C9H15N3O2S/c1-7(4-10)9-2-3-11-12(9)8-5-15(13,14)6-8/h2-3,7-8H,4-6,10H2,1H3. The molecule has 0 aromatic carbocycles. The summed E-state index contributed by atoms with van der Waals surface area (Å²) in [6.07, 6.45) is 1.70. The van der Waals surface area contributed by atoms with E-state index in [1.165, 1.54) is 0 Å². The maximum absolute atomic E-state index is 11.1. The van der Waals surface area contributed by atoms with Gasteiger partial charge in [-0.1, -0.05) is 6.92 Å². The molecule has 1 aromatic heterocycles. The second-order valence-electron chi connectivity index (χ2n) is 4.07. The zero-order chi connectivity index (χ0) is 11.1. The van der Waals surface area contributed by atoms with Crippen LogP contribution < -0.4 is 5.73 Å². The molecule has 0 radical (unpaired) electrons. The maximum Gasteiger partial charge on any atom is 0.154 e. The fourth-order valence-electron chi connectivity index (χ4n) is 1.82. The predicted molar refractivity (Wildman–Crippen MR) is 57.4 cm³/mol. The van der Waals surface area contributed by atoms with Crippen molar-refractivity contribution in [1.29, 1.82) is 0 Å².